The van der Waals surface area contributed by atoms with Crippen LogP contribution in [0.25, 0.3) is 0 Å². The van der Waals surface area contributed by atoms with E-state index in [1.54, 1.807) is 0 Å². The van der Waals surface area contributed by atoms with Gasteiger partial charge in [0.2, 0.25) is 0 Å². The summed E-state index contributed by atoms with van der Waals surface area (Å²) < 4.78 is 5.63. The molecule has 2 N–H and O–H groups in total. The summed E-state index contributed by atoms with van der Waals surface area (Å²) in [4.78, 5) is 0. The van der Waals surface area contributed by atoms with E-state index in [0.29, 0.717) is 6.54 Å². The molecular weight excluding hydrogens is 262 g/mol. The highest BCUT2D eigenvalue weighted by Gasteiger charge is 2.05. The van der Waals surface area contributed by atoms with Crippen molar-refractivity contribution in [2.75, 3.05) is 18.5 Å². The molecule has 2 rings (SSSR count). The Labute approximate surface area is 126 Å². The molecule has 0 saturated heterocycles. The van der Waals surface area contributed by atoms with Gasteiger partial charge in [-0.3, -0.25) is 0 Å². The predicted molar refractivity (Wildman–Crippen MR) is 87.0 cm³/mol. The number of hydrogen-bond donors (Lipinski definition) is 2. The van der Waals surface area contributed by atoms with Crippen molar-refractivity contribution < 1.29 is 9.84 Å². The Kier molecular flexibility index (Phi) is 5.64. The van der Waals surface area contributed by atoms with Crippen molar-refractivity contribution in [3.05, 3.63) is 59.7 Å². The minimum atomic E-state index is -0.545. The average molecular weight is 285 g/mol. The second kappa shape index (κ2) is 7.70. The minimum absolute atomic E-state index is 0.284. The highest BCUT2D eigenvalue weighted by atomic mass is 16.5. The number of aliphatic hydroxyl groups is 1. The van der Waals surface area contributed by atoms with E-state index >= 15 is 0 Å². The monoisotopic (exact) mass is 285 g/mol. The van der Waals surface area contributed by atoms with Crippen LogP contribution in [-0.4, -0.2) is 24.4 Å². The summed E-state index contributed by atoms with van der Waals surface area (Å²) in [5, 5.41) is 13.2. The maximum absolute atomic E-state index is 9.97. The van der Waals surface area contributed by atoms with Gasteiger partial charge < -0.3 is 15.2 Å². The summed E-state index contributed by atoms with van der Waals surface area (Å²) in [7, 11) is 0. The number of ether oxygens (including phenoxy) is 1. The van der Waals surface area contributed by atoms with Gasteiger partial charge in [0.05, 0.1) is 0 Å². The lowest BCUT2D eigenvalue weighted by Crippen LogP contribution is -2.26. The van der Waals surface area contributed by atoms with E-state index in [9.17, 15) is 5.11 Å². The van der Waals surface area contributed by atoms with Gasteiger partial charge in [-0.05, 0) is 43.2 Å². The summed E-state index contributed by atoms with van der Waals surface area (Å²) in [6, 6.07) is 16.1. The van der Waals surface area contributed by atoms with Crippen molar-refractivity contribution in [1.82, 2.24) is 0 Å². The van der Waals surface area contributed by atoms with Gasteiger partial charge in [-0.25, -0.2) is 0 Å². The number of aliphatic hydroxyl groups excluding tert-OH is 1. The van der Waals surface area contributed by atoms with Crippen LogP contribution >= 0.6 is 0 Å². The molecule has 2 aromatic rings. The molecule has 21 heavy (non-hydrogen) atoms. The fraction of sp³-hybridized carbons (Fsp3) is 0.333. The minimum Gasteiger partial charge on any atom is -0.491 e. The summed E-state index contributed by atoms with van der Waals surface area (Å²) in [5.41, 5.74) is 3.47. The quantitative estimate of drug-likeness (QED) is 0.819. The molecule has 0 radical (unpaired) electrons. The maximum Gasteiger partial charge on any atom is 0.119 e. The maximum atomic E-state index is 9.97. The first kappa shape index (κ1) is 15.4. The summed E-state index contributed by atoms with van der Waals surface area (Å²) >= 11 is 0. The first-order valence-corrected chi connectivity index (χ1v) is 7.37. The molecular formula is C18H23NO2. The molecule has 0 aromatic heterocycles. The molecule has 3 nitrogen and oxygen atoms in total. The van der Waals surface area contributed by atoms with Crippen LogP contribution in [-0.2, 0) is 6.42 Å². The lowest BCUT2D eigenvalue weighted by molar-refractivity contribution is 0.117. The van der Waals surface area contributed by atoms with Crippen LogP contribution in [0.5, 0.6) is 5.75 Å². The normalized spacial score (nSPS) is 12.0. The number of anilines is 1. The molecule has 112 valence electrons. The largest absolute Gasteiger partial charge is 0.491 e. The molecule has 0 heterocycles. The van der Waals surface area contributed by atoms with E-state index in [4.69, 9.17) is 4.74 Å². The zero-order chi connectivity index (χ0) is 15.1. The third-order valence-corrected chi connectivity index (χ3v) is 3.34. The second-order valence-corrected chi connectivity index (χ2v) is 5.21. The molecule has 0 bridgehead atoms. The summed E-state index contributed by atoms with van der Waals surface area (Å²) in [6.07, 6.45) is 0.436. The van der Waals surface area contributed by atoms with Crippen molar-refractivity contribution in [1.29, 1.82) is 0 Å². The van der Waals surface area contributed by atoms with Crippen molar-refractivity contribution in [3.8, 4) is 5.75 Å². The molecule has 0 fully saturated rings. The molecule has 0 aliphatic carbocycles. The van der Waals surface area contributed by atoms with E-state index in [1.807, 2.05) is 42.5 Å². The highest BCUT2D eigenvalue weighted by Crippen LogP contribution is 2.14. The molecule has 0 aliphatic heterocycles. The van der Waals surface area contributed by atoms with E-state index in [-0.39, 0.29) is 6.61 Å². The lowest BCUT2D eigenvalue weighted by Gasteiger charge is -2.14. The Hall–Kier alpha value is -2.00. The van der Waals surface area contributed by atoms with Gasteiger partial charge in [-0.1, -0.05) is 36.8 Å². The molecule has 1 atom stereocenters. The Bertz CT molecular complexity index is 551. The standard InChI is InChI=1S/C18H23NO2/c1-3-15-5-4-6-18(11-15)21-13-17(20)12-19-16-9-7-14(2)8-10-16/h4-11,17,19-20H,3,12-13H2,1-2H3. The molecule has 0 saturated carbocycles. The van der Waals surface area contributed by atoms with E-state index in [2.05, 4.69) is 25.2 Å². The number of hydrogen-bond acceptors (Lipinski definition) is 3. The first-order chi connectivity index (χ1) is 10.2. The summed E-state index contributed by atoms with van der Waals surface area (Å²) in [6.45, 7) is 4.92. The SMILES string of the molecule is CCc1cccc(OCC(O)CNc2ccc(C)cc2)c1. The number of nitrogens with one attached hydrogen (secondary N) is 1. The van der Waals surface area contributed by atoms with Crippen LogP contribution in [0.3, 0.4) is 0 Å². The molecule has 0 spiro atoms. The fourth-order valence-electron chi connectivity index (χ4n) is 2.01. The van der Waals surface area contributed by atoms with Gasteiger partial charge in [0.1, 0.15) is 18.5 Å². The Morgan fingerprint density at radius 1 is 1.14 bits per heavy atom. The van der Waals surface area contributed by atoms with Gasteiger partial charge in [-0.2, -0.15) is 0 Å². The van der Waals surface area contributed by atoms with Crippen molar-refractivity contribution in [2.45, 2.75) is 26.4 Å². The topological polar surface area (TPSA) is 41.5 Å². The van der Waals surface area contributed by atoms with Crippen LogP contribution in [0.1, 0.15) is 18.1 Å². The zero-order valence-electron chi connectivity index (χ0n) is 12.7. The van der Waals surface area contributed by atoms with Crippen LogP contribution in [0.4, 0.5) is 5.69 Å². The van der Waals surface area contributed by atoms with Gasteiger partial charge in [0.15, 0.2) is 0 Å². The fourth-order valence-corrected chi connectivity index (χ4v) is 2.01. The smallest absolute Gasteiger partial charge is 0.119 e. The molecule has 2 aromatic carbocycles. The first-order valence-electron chi connectivity index (χ1n) is 7.37. The Morgan fingerprint density at radius 3 is 2.62 bits per heavy atom. The average Bonchev–Trinajstić information content (AvgIpc) is 2.52. The van der Waals surface area contributed by atoms with E-state index < -0.39 is 6.10 Å². The lowest BCUT2D eigenvalue weighted by atomic mass is 10.2. The Balaban J connectivity index is 1.76. The van der Waals surface area contributed by atoms with Gasteiger partial charge >= 0.3 is 0 Å². The second-order valence-electron chi connectivity index (χ2n) is 5.21. The zero-order valence-corrected chi connectivity index (χ0v) is 12.7. The highest BCUT2D eigenvalue weighted by molar-refractivity contribution is 5.44. The van der Waals surface area contributed by atoms with Crippen LogP contribution in [0.15, 0.2) is 48.5 Å². The van der Waals surface area contributed by atoms with Gasteiger partial charge in [-0.15, -0.1) is 0 Å². The number of benzene rings is 2. The molecule has 0 aliphatic rings. The molecule has 1 unspecified atom stereocenters. The number of rotatable bonds is 7. The van der Waals surface area contributed by atoms with Gasteiger partial charge in [0, 0.05) is 12.2 Å². The summed E-state index contributed by atoms with van der Waals surface area (Å²) in [5.74, 6) is 0.809. The van der Waals surface area contributed by atoms with Crippen molar-refractivity contribution in [2.24, 2.45) is 0 Å². The van der Waals surface area contributed by atoms with Crippen molar-refractivity contribution in [3.63, 3.8) is 0 Å². The van der Waals surface area contributed by atoms with E-state index in [1.165, 1.54) is 11.1 Å². The van der Waals surface area contributed by atoms with Crippen LogP contribution < -0.4 is 10.1 Å². The van der Waals surface area contributed by atoms with Gasteiger partial charge in [0.25, 0.3) is 0 Å². The number of aryl methyl sites for hydroxylation is 2. The molecule has 0 amide bonds. The predicted octanol–water partition coefficient (Wildman–Crippen LogP) is 3.41. The van der Waals surface area contributed by atoms with Crippen molar-refractivity contribution >= 4 is 5.69 Å². The third kappa shape index (κ3) is 5.12. The van der Waals surface area contributed by atoms with Crippen LogP contribution in [0.2, 0.25) is 0 Å². The van der Waals surface area contributed by atoms with Crippen LogP contribution in [0, 0.1) is 6.92 Å². The van der Waals surface area contributed by atoms with E-state index in [0.717, 1.165) is 17.9 Å². The third-order valence-electron chi connectivity index (χ3n) is 3.34. The Morgan fingerprint density at radius 2 is 1.90 bits per heavy atom. The molecule has 3 heteroatoms.